The lowest BCUT2D eigenvalue weighted by Crippen LogP contribution is -2.30. The van der Waals surface area contributed by atoms with Gasteiger partial charge >= 0.3 is 0 Å². The van der Waals surface area contributed by atoms with Gasteiger partial charge in [0.2, 0.25) is 0 Å². The van der Waals surface area contributed by atoms with Crippen LogP contribution in [-0.2, 0) is 11.3 Å². The number of ether oxygens (including phenoxy) is 1. The highest BCUT2D eigenvalue weighted by Gasteiger charge is 2.20. The van der Waals surface area contributed by atoms with Crippen molar-refractivity contribution in [3.63, 3.8) is 0 Å². The van der Waals surface area contributed by atoms with Crippen LogP contribution in [0.5, 0.6) is 0 Å². The van der Waals surface area contributed by atoms with Crippen molar-refractivity contribution >= 4 is 0 Å². The van der Waals surface area contributed by atoms with E-state index in [4.69, 9.17) is 10.5 Å². The normalized spacial score (nSPS) is 24.9. The Morgan fingerprint density at radius 1 is 1.12 bits per heavy atom. The molecule has 1 aliphatic carbocycles. The number of halogens is 2. The quantitative estimate of drug-likeness (QED) is 0.883. The summed E-state index contributed by atoms with van der Waals surface area (Å²) in [6.07, 6.45) is 3.66. The molecule has 1 aromatic rings. The van der Waals surface area contributed by atoms with Gasteiger partial charge in [-0.2, -0.15) is 0 Å². The van der Waals surface area contributed by atoms with Gasteiger partial charge in [-0.1, -0.05) is 6.07 Å². The van der Waals surface area contributed by atoms with Crippen LogP contribution < -0.4 is 5.73 Å². The fourth-order valence-corrected chi connectivity index (χ4v) is 2.13. The van der Waals surface area contributed by atoms with E-state index in [0.29, 0.717) is 0 Å². The van der Waals surface area contributed by atoms with Gasteiger partial charge < -0.3 is 10.5 Å². The van der Waals surface area contributed by atoms with E-state index in [1.54, 1.807) is 0 Å². The molecule has 2 rings (SSSR count). The number of hydrogen-bond donors (Lipinski definition) is 1. The first kappa shape index (κ1) is 12.5. The number of benzene rings is 1. The average Bonchev–Trinajstić information content (AvgIpc) is 2.31. The largest absolute Gasteiger partial charge is 0.373 e. The molecule has 94 valence electrons. The Kier molecular flexibility index (Phi) is 4.07. The molecular formula is C13H17F2NO. The van der Waals surface area contributed by atoms with Crippen LogP contribution in [0.2, 0.25) is 0 Å². The minimum atomic E-state index is -0.544. The molecule has 4 heteroatoms. The zero-order valence-electron chi connectivity index (χ0n) is 9.66. The first-order chi connectivity index (χ1) is 8.16. The first-order valence-electron chi connectivity index (χ1n) is 5.97. The van der Waals surface area contributed by atoms with Crippen molar-refractivity contribution in [2.45, 2.75) is 44.4 Å². The van der Waals surface area contributed by atoms with Gasteiger partial charge in [-0.15, -0.1) is 0 Å². The summed E-state index contributed by atoms with van der Waals surface area (Å²) in [4.78, 5) is 0. The Labute approximate surface area is 99.8 Å². The third kappa shape index (κ3) is 3.23. The zero-order chi connectivity index (χ0) is 12.3. The minimum absolute atomic E-state index is 0.00158. The third-order valence-electron chi connectivity index (χ3n) is 3.24. The molecule has 0 aliphatic heterocycles. The lowest BCUT2D eigenvalue weighted by Gasteiger charge is -2.26. The standard InChI is InChI=1S/C13H17F2NO/c14-12-2-1-3-13(15)11(12)8-17-10-6-4-9(16)5-7-10/h1-3,9-10H,4-8,16H2. The molecule has 1 saturated carbocycles. The molecule has 1 fully saturated rings. The average molecular weight is 241 g/mol. The topological polar surface area (TPSA) is 35.2 Å². The SMILES string of the molecule is NC1CCC(OCc2c(F)cccc2F)CC1. The maximum atomic E-state index is 13.3. The molecule has 0 spiro atoms. The molecular weight excluding hydrogens is 224 g/mol. The Morgan fingerprint density at radius 3 is 2.29 bits per heavy atom. The molecule has 0 bridgehead atoms. The highest BCUT2D eigenvalue weighted by molar-refractivity contribution is 5.18. The van der Waals surface area contributed by atoms with Crippen molar-refractivity contribution in [3.05, 3.63) is 35.4 Å². The molecule has 0 radical (unpaired) electrons. The monoisotopic (exact) mass is 241 g/mol. The second kappa shape index (κ2) is 5.56. The van der Waals surface area contributed by atoms with Gasteiger partial charge in [0.05, 0.1) is 12.7 Å². The molecule has 0 atom stereocenters. The van der Waals surface area contributed by atoms with Crippen LogP contribution in [0.3, 0.4) is 0 Å². The Balaban J connectivity index is 1.89. The summed E-state index contributed by atoms with van der Waals surface area (Å²) >= 11 is 0. The fraction of sp³-hybridized carbons (Fsp3) is 0.538. The van der Waals surface area contributed by atoms with Crippen LogP contribution in [-0.4, -0.2) is 12.1 Å². The van der Waals surface area contributed by atoms with Crippen LogP contribution in [0.4, 0.5) is 8.78 Å². The van der Waals surface area contributed by atoms with Crippen LogP contribution in [0.1, 0.15) is 31.2 Å². The summed E-state index contributed by atoms with van der Waals surface area (Å²) in [5.74, 6) is -1.09. The van der Waals surface area contributed by atoms with Crippen molar-refractivity contribution in [1.82, 2.24) is 0 Å². The second-order valence-electron chi connectivity index (χ2n) is 4.55. The van der Waals surface area contributed by atoms with Gasteiger partial charge in [-0.3, -0.25) is 0 Å². The van der Waals surface area contributed by atoms with Crippen LogP contribution >= 0.6 is 0 Å². The number of rotatable bonds is 3. The fourth-order valence-electron chi connectivity index (χ4n) is 2.13. The molecule has 17 heavy (non-hydrogen) atoms. The molecule has 2 N–H and O–H groups in total. The molecule has 1 aromatic carbocycles. The van der Waals surface area contributed by atoms with Gasteiger partial charge in [0.25, 0.3) is 0 Å². The summed E-state index contributed by atoms with van der Waals surface area (Å²) in [6.45, 7) is -0.00158. The number of nitrogens with two attached hydrogens (primary N) is 1. The maximum Gasteiger partial charge on any atom is 0.131 e. The van der Waals surface area contributed by atoms with Crippen molar-refractivity contribution in [1.29, 1.82) is 0 Å². The van der Waals surface area contributed by atoms with Crippen molar-refractivity contribution in [2.24, 2.45) is 5.73 Å². The summed E-state index contributed by atoms with van der Waals surface area (Å²) in [5.41, 5.74) is 5.79. The highest BCUT2D eigenvalue weighted by atomic mass is 19.1. The molecule has 0 aromatic heterocycles. The smallest absolute Gasteiger partial charge is 0.131 e. The van der Waals surface area contributed by atoms with Crippen molar-refractivity contribution < 1.29 is 13.5 Å². The summed E-state index contributed by atoms with van der Waals surface area (Å²) < 4.78 is 32.2. The van der Waals surface area contributed by atoms with Gasteiger partial charge in [0.15, 0.2) is 0 Å². The van der Waals surface area contributed by atoms with E-state index in [-0.39, 0.29) is 24.3 Å². The lowest BCUT2D eigenvalue weighted by molar-refractivity contribution is 0.0112. The van der Waals surface area contributed by atoms with Crippen LogP contribution in [0, 0.1) is 11.6 Å². The van der Waals surface area contributed by atoms with Gasteiger partial charge in [-0.05, 0) is 37.8 Å². The minimum Gasteiger partial charge on any atom is -0.373 e. The number of hydrogen-bond acceptors (Lipinski definition) is 2. The zero-order valence-corrected chi connectivity index (χ0v) is 9.66. The molecule has 2 nitrogen and oxygen atoms in total. The van der Waals surface area contributed by atoms with Gasteiger partial charge in [0.1, 0.15) is 11.6 Å². The maximum absolute atomic E-state index is 13.3. The van der Waals surface area contributed by atoms with E-state index in [2.05, 4.69) is 0 Å². The van der Waals surface area contributed by atoms with E-state index in [0.717, 1.165) is 25.7 Å². The van der Waals surface area contributed by atoms with E-state index >= 15 is 0 Å². The predicted molar refractivity (Wildman–Crippen MR) is 61.4 cm³/mol. The molecule has 0 saturated heterocycles. The van der Waals surface area contributed by atoms with E-state index in [1.165, 1.54) is 18.2 Å². The Hall–Kier alpha value is -1.00. The van der Waals surface area contributed by atoms with E-state index in [1.807, 2.05) is 0 Å². The lowest BCUT2D eigenvalue weighted by atomic mass is 9.94. The molecule has 0 heterocycles. The second-order valence-corrected chi connectivity index (χ2v) is 4.55. The predicted octanol–water partition coefficient (Wildman–Crippen LogP) is 2.75. The van der Waals surface area contributed by atoms with Crippen molar-refractivity contribution in [2.75, 3.05) is 0 Å². The van der Waals surface area contributed by atoms with Crippen LogP contribution in [0.25, 0.3) is 0 Å². The molecule has 0 unspecified atom stereocenters. The Morgan fingerprint density at radius 2 is 1.71 bits per heavy atom. The molecule has 0 amide bonds. The summed E-state index contributed by atoms with van der Waals surface area (Å²) in [7, 11) is 0. The Bertz CT molecular complexity index is 355. The summed E-state index contributed by atoms with van der Waals surface area (Å²) in [5, 5.41) is 0. The third-order valence-corrected chi connectivity index (χ3v) is 3.24. The van der Waals surface area contributed by atoms with E-state index < -0.39 is 11.6 Å². The molecule has 1 aliphatic rings. The summed E-state index contributed by atoms with van der Waals surface area (Å²) in [6, 6.07) is 4.10. The van der Waals surface area contributed by atoms with Crippen molar-refractivity contribution in [3.8, 4) is 0 Å². The first-order valence-corrected chi connectivity index (χ1v) is 5.97. The highest BCUT2D eigenvalue weighted by Crippen LogP contribution is 2.22. The van der Waals surface area contributed by atoms with E-state index in [9.17, 15) is 8.78 Å². The van der Waals surface area contributed by atoms with Gasteiger partial charge in [0, 0.05) is 11.6 Å². The van der Waals surface area contributed by atoms with Gasteiger partial charge in [-0.25, -0.2) is 8.78 Å². The van der Waals surface area contributed by atoms with Crippen LogP contribution in [0.15, 0.2) is 18.2 Å².